The second kappa shape index (κ2) is 9.23. The Labute approximate surface area is 162 Å². The number of hydrogen-bond acceptors (Lipinski definition) is 2. The molecule has 0 rings (SSSR count). The van der Waals surface area contributed by atoms with Crippen LogP contribution in [0.1, 0.15) is 82.6 Å². The molecule has 0 saturated carbocycles. The zero-order valence-corrected chi connectivity index (χ0v) is 19.3. The van der Waals surface area contributed by atoms with Crippen LogP contribution in [0.15, 0.2) is 0 Å². The van der Waals surface area contributed by atoms with Crippen molar-refractivity contribution in [2.45, 2.75) is 82.6 Å². The fourth-order valence-electron chi connectivity index (χ4n) is 3.00. The summed E-state index contributed by atoms with van der Waals surface area (Å²) in [6.07, 6.45) is -0.0328. The van der Waals surface area contributed by atoms with E-state index in [9.17, 15) is 9.59 Å². The zero-order valence-electron chi connectivity index (χ0n) is 19.3. The van der Waals surface area contributed by atoms with E-state index in [2.05, 4.69) is 76.2 Å². The molecule has 0 aliphatic carbocycles. The summed E-state index contributed by atoms with van der Waals surface area (Å²) in [6, 6.07) is 0. The maximum Gasteiger partial charge on any atom is 0.232 e. The fourth-order valence-corrected chi connectivity index (χ4v) is 3.00. The van der Waals surface area contributed by atoms with Crippen LogP contribution in [0, 0.1) is 22.2 Å². The number of nitrogens with zero attached hydrogens (tertiary/aromatic N) is 2. The van der Waals surface area contributed by atoms with Gasteiger partial charge in [0.1, 0.15) is 6.42 Å². The van der Waals surface area contributed by atoms with E-state index < -0.39 is 0 Å². The first kappa shape index (κ1) is 24.9. The lowest BCUT2D eigenvalue weighted by Crippen LogP contribution is -2.46. The van der Waals surface area contributed by atoms with Crippen molar-refractivity contribution >= 4 is 11.8 Å². The SMILES string of the molecule is CC(C)CN(CC(C)(C)C)C(=O)CC(=O)N(CC(C)(C)C)CC(C)(C)C. The quantitative estimate of drug-likeness (QED) is 0.604. The van der Waals surface area contributed by atoms with Crippen molar-refractivity contribution in [1.82, 2.24) is 9.80 Å². The molecule has 0 aromatic carbocycles. The molecular weight excluding hydrogens is 324 g/mol. The molecular formula is C22H44N2O2. The van der Waals surface area contributed by atoms with Crippen LogP contribution in [0.3, 0.4) is 0 Å². The van der Waals surface area contributed by atoms with Gasteiger partial charge in [-0.05, 0) is 22.2 Å². The molecule has 0 unspecified atom stereocenters. The Bertz CT molecular complexity index is 446. The van der Waals surface area contributed by atoms with E-state index in [-0.39, 0.29) is 34.5 Å². The van der Waals surface area contributed by atoms with Crippen molar-refractivity contribution in [3.8, 4) is 0 Å². The van der Waals surface area contributed by atoms with Crippen molar-refractivity contribution in [3.05, 3.63) is 0 Å². The predicted molar refractivity (Wildman–Crippen MR) is 111 cm³/mol. The molecule has 0 aromatic rings. The molecule has 0 spiro atoms. The van der Waals surface area contributed by atoms with Crippen LogP contribution in [0.2, 0.25) is 0 Å². The minimum atomic E-state index is -0.0532. The Hall–Kier alpha value is -1.06. The lowest BCUT2D eigenvalue weighted by molar-refractivity contribution is -0.143. The van der Waals surface area contributed by atoms with E-state index in [1.165, 1.54) is 0 Å². The van der Waals surface area contributed by atoms with Crippen LogP contribution >= 0.6 is 0 Å². The smallest absolute Gasteiger partial charge is 0.232 e. The van der Waals surface area contributed by atoms with Gasteiger partial charge in [-0.1, -0.05) is 76.2 Å². The highest BCUT2D eigenvalue weighted by molar-refractivity contribution is 5.97. The van der Waals surface area contributed by atoms with Crippen LogP contribution in [-0.4, -0.2) is 47.8 Å². The molecule has 0 heterocycles. The van der Waals surface area contributed by atoms with E-state index in [4.69, 9.17) is 0 Å². The standard InChI is InChI=1S/C22H44N2O2/c1-17(2)13-23(14-20(3,4)5)18(25)12-19(26)24(15-21(6,7)8)16-22(9,10)11/h17H,12-16H2,1-11H3. The van der Waals surface area contributed by atoms with Gasteiger partial charge in [0.15, 0.2) is 0 Å². The summed E-state index contributed by atoms with van der Waals surface area (Å²) in [5.74, 6) is 0.283. The van der Waals surface area contributed by atoms with Gasteiger partial charge in [-0.25, -0.2) is 0 Å². The Morgan fingerprint density at radius 2 is 0.962 bits per heavy atom. The maximum absolute atomic E-state index is 12.9. The largest absolute Gasteiger partial charge is 0.341 e. The topological polar surface area (TPSA) is 40.6 Å². The van der Waals surface area contributed by atoms with E-state index in [1.807, 2.05) is 9.80 Å². The number of amides is 2. The van der Waals surface area contributed by atoms with E-state index >= 15 is 0 Å². The Kier molecular flexibility index (Phi) is 8.86. The molecule has 26 heavy (non-hydrogen) atoms. The number of carbonyl (C=O) groups excluding carboxylic acids is 2. The Morgan fingerprint density at radius 1 is 0.654 bits per heavy atom. The zero-order chi connectivity index (χ0) is 20.9. The van der Waals surface area contributed by atoms with Gasteiger partial charge in [-0.2, -0.15) is 0 Å². The van der Waals surface area contributed by atoms with Gasteiger partial charge >= 0.3 is 0 Å². The van der Waals surface area contributed by atoms with Crippen molar-refractivity contribution in [1.29, 1.82) is 0 Å². The highest BCUT2D eigenvalue weighted by atomic mass is 16.2. The number of carbonyl (C=O) groups is 2. The Balaban J connectivity index is 5.24. The summed E-state index contributed by atoms with van der Waals surface area (Å²) >= 11 is 0. The molecule has 0 N–H and O–H groups in total. The highest BCUT2D eigenvalue weighted by Gasteiger charge is 2.29. The van der Waals surface area contributed by atoms with Crippen molar-refractivity contribution in [2.75, 3.05) is 26.2 Å². The third-order valence-electron chi connectivity index (χ3n) is 3.59. The molecule has 4 heteroatoms. The second-order valence-corrected chi connectivity index (χ2v) is 11.8. The lowest BCUT2D eigenvalue weighted by Gasteiger charge is -2.36. The molecule has 4 nitrogen and oxygen atoms in total. The molecule has 0 saturated heterocycles. The third-order valence-corrected chi connectivity index (χ3v) is 3.59. The summed E-state index contributed by atoms with van der Waals surface area (Å²) in [7, 11) is 0. The molecule has 0 fully saturated rings. The van der Waals surface area contributed by atoms with Crippen LogP contribution in [0.25, 0.3) is 0 Å². The first-order valence-corrected chi connectivity index (χ1v) is 9.95. The average molecular weight is 369 g/mol. The summed E-state index contributed by atoms with van der Waals surface area (Å²) in [4.78, 5) is 29.6. The normalized spacial score (nSPS) is 13.1. The predicted octanol–water partition coefficient (Wildman–Crippen LogP) is 4.83. The lowest BCUT2D eigenvalue weighted by atomic mass is 9.91. The molecule has 0 aliphatic heterocycles. The summed E-state index contributed by atoms with van der Waals surface area (Å²) in [5.41, 5.74) is 0.0318. The highest BCUT2D eigenvalue weighted by Crippen LogP contribution is 2.22. The molecule has 0 aromatic heterocycles. The van der Waals surface area contributed by atoms with Gasteiger partial charge in [0.2, 0.25) is 11.8 Å². The molecule has 0 aliphatic rings. The third kappa shape index (κ3) is 12.3. The van der Waals surface area contributed by atoms with Crippen LogP contribution in [0.5, 0.6) is 0 Å². The summed E-state index contributed by atoms with van der Waals surface area (Å²) in [6.45, 7) is 26.1. The molecule has 0 atom stereocenters. The van der Waals surface area contributed by atoms with Crippen LogP contribution in [0.4, 0.5) is 0 Å². The summed E-state index contributed by atoms with van der Waals surface area (Å²) < 4.78 is 0. The number of rotatable bonds is 7. The van der Waals surface area contributed by atoms with Gasteiger partial charge in [0.05, 0.1) is 0 Å². The Morgan fingerprint density at radius 3 is 1.27 bits per heavy atom. The molecule has 154 valence electrons. The van der Waals surface area contributed by atoms with Gasteiger partial charge in [-0.3, -0.25) is 9.59 Å². The first-order chi connectivity index (χ1) is 11.4. The minimum absolute atomic E-state index is 0.00693. The van der Waals surface area contributed by atoms with Gasteiger partial charge in [0.25, 0.3) is 0 Å². The maximum atomic E-state index is 12.9. The second-order valence-electron chi connectivity index (χ2n) is 11.8. The van der Waals surface area contributed by atoms with Crippen molar-refractivity contribution in [3.63, 3.8) is 0 Å². The van der Waals surface area contributed by atoms with Crippen LogP contribution < -0.4 is 0 Å². The van der Waals surface area contributed by atoms with Gasteiger partial charge in [-0.15, -0.1) is 0 Å². The van der Waals surface area contributed by atoms with Crippen LogP contribution in [-0.2, 0) is 9.59 Å². The average Bonchev–Trinajstić information content (AvgIpc) is 2.31. The van der Waals surface area contributed by atoms with Crippen molar-refractivity contribution in [2.24, 2.45) is 22.2 Å². The minimum Gasteiger partial charge on any atom is -0.341 e. The molecule has 0 bridgehead atoms. The van der Waals surface area contributed by atoms with Crippen molar-refractivity contribution < 1.29 is 9.59 Å². The van der Waals surface area contributed by atoms with E-state index in [0.717, 1.165) is 0 Å². The van der Waals surface area contributed by atoms with Gasteiger partial charge < -0.3 is 9.80 Å². The first-order valence-electron chi connectivity index (χ1n) is 9.95. The fraction of sp³-hybridized carbons (Fsp3) is 0.909. The monoisotopic (exact) mass is 368 g/mol. The molecule has 2 amide bonds. The molecule has 0 radical (unpaired) electrons. The van der Waals surface area contributed by atoms with E-state index in [0.29, 0.717) is 32.1 Å². The van der Waals surface area contributed by atoms with E-state index in [1.54, 1.807) is 0 Å². The number of hydrogen-bond donors (Lipinski definition) is 0. The van der Waals surface area contributed by atoms with Gasteiger partial charge in [0, 0.05) is 26.2 Å². The summed E-state index contributed by atoms with van der Waals surface area (Å²) in [5, 5.41) is 0.